The molecule has 1 saturated heterocycles. The Bertz CT molecular complexity index is 330. The molecule has 1 fully saturated rings. The molecule has 7 heteroatoms. The molecule has 0 aromatic rings. The lowest BCUT2D eigenvalue weighted by molar-refractivity contribution is -0.139. The van der Waals surface area contributed by atoms with Crippen LogP contribution in [0.4, 0.5) is 0 Å². The molecule has 1 amide bonds. The van der Waals surface area contributed by atoms with Crippen molar-refractivity contribution in [3.05, 3.63) is 0 Å². The van der Waals surface area contributed by atoms with E-state index < -0.39 is 15.9 Å². The minimum absolute atomic E-state index is 0.246. The Morgan fingerprint density at radius 1 is 1.21 bits per heavy atom. The summed E-state index contributed by atoms with van der Waals surface area (Å²) in [5, 5.41) is 0. The Morgan fingerprint density at radius 2 is 1.71 bits per heavy atom. The van der Waals surface area contributed by atoms with Crippen LogP contribution in [0, 0.1) is 0 Å². The van der Waals surface area contributed by atoms with E-state index in [0.29, 0.717) is 0 Å². The number of sulfonamides is 1. The van der Waals surface area contributed by atoms with Crippen molar-refractivity contribution in [1.82, 2.24) is 9.21 Å². The molecule has 1 aliphatic rings. The number of amides is 1. The number of aldehydes is 1. The van der Waals surface area contributed by atoms with Crippen molar-refractivity contribution in [3.8, 4) is 0 Å². The van der Waals surface area contributed by atoms with Crippen LogP contribution in [0.2, 0.25) is 0 Å². The highest BCUT2D eigenvalue weighted by molar-refractivity contribution is 7.88. The van der Waals surface area contributed by atoms with E-state index in [1.165, 1.54) is 9.21 Å². The van der Waals surface area contributed by atoms with Gasteiger partial charge in [-0.15, -0.1) is 0 Å². The van der Waals surface area contributed by atoms with E-state index in [1.54, 1.807) is 0 Å². The maximum atomic E-state index is 11.1. The van der Waals surface area contributed by atoms with Gasteiger partial charge in [-0.05, 0) is 0 Å². The van der Waals surface area contributed by atoms with Crippen molar-refractivity contribution in [3.63, 3.8) is 0 Å². The molecule has 0 atom stereocenters. The third-order valence-electron chi connectivity index (χ3n) is 2.12. The summed E-state index contributed by atoms with van der Waals surface area (Å²) in [4.78, 5) is 22.4. The Morgan fingerprint density at radius 3 is 2.07 bits per heavy atom. The van der Waals surface area contributed by atoms with Gasteiger partial charge in [0.2, 0.25) is 16.3 Å². The molecular formula is C7H12N2O4S. The van der Waals surface area contributed by atoms with E-state index >= 15 is 0 Å². The summed E-state index contributed by atoms with van der Waals surface area (Å²) in [5.41, 5.74) is 0. The average molecular weight is 220 g/mol. The first-order valence-electron chi connectivity index (χ1n) is 4.14. The molecule has 0 bridgehead atoms. The van der Waals surface area contributed by atoms with Crippen molar-refractivity contribution in [2.75, 3.05) is 32.4 Å². The monoisotopic (exact) mass is 220 g/mol. The van der Waals surface area contributed by atoms with E-state index in [0.717, 1.165) is 6.26 Å². The summed E-state index contributed by atoms with van der Waals surface area (Å²) in [7, 11) is -3.17. The average Bonchev–Trinajstić information content (AvgIpc) is 2.15. The molecule has 14 heavy (non-hydrogen) atoms. The molecule has 80 valence electrons. The summed E-state index contributed by atoms with van der Waals surface area (Å²) >= 11 is 0. The fourth-order valence-corrected chi connectivity index (χ4v) is 2.14. The molecule has 0 unspecified atom stereocenters. The van der Waals surface area contributed by atoms with Gasteiger partial charge in [-0.2, -0.15) is 4.31 Å². The van der Waals surface area contributed by atoms with Crippen LogP contribution in [0.1, 0.15) is 0 Å². The van der Waals surface area contributed by atoms with Gasteiger partial charge < -0.3 is 4.90 Å². The first-order chi connectivity index (χ1) is 6.45. The van der Waals surface area contributed by atoms with Gasteiger partial charge >= 0.3 is 0 Å². The zero-order chi connectivity index (χ0) is 10.8. The van der Waals surface area contributed by atoms with E-state index in [9.17, 15) is 18.0 Å². The Kier molecular flexibility index (Phi) is 3.22. The largest absolute Gasteiger partial charge is 0.334 e. The molecule has 0 radical (unpaired) electrons. The van der Waals surface area contributed by atoms with Gasteiger partial charge in [0.1, 0.15) is 0 Å². The molecule has 1 aliphatic heterocycles. The van der Waals surface area contributed by atoms with Gasteiger partial charge in [0.25, 0.3) is 5.91 Å². The highest BCUT2D eigenvalue weighted by Gasteiger charge is 2.25. The molecule has 1 rings (SSSR count). The highest BCUT2D eigenvalue weighted by Crippen LogP contribution is 2.05. The summed E-state index contributed by atoms with van der Waals surface area (Å²) in [6.07, 6.45) is 1.38. The fraction of sp³-hybridized carbons (Fsp3) is 0.714. The van der Waals surface area contributed by atoms with E-state index in [4.69, 9.17) is 0 Å². The van der Waals surface area contributed by atoms with Crippen molar-refractivity contribution in [2.24, 2.45) is 0 Å². The highest BCUT2D eigenvalue weighted by atomic mass is 32.2. The number of rotatable bonds is 2. The lowest BCUT2D eigenvalue weighted by atomic mass is 10.3. The molecule has 0 aromatic heterocycles. The third kappa shape index (κ3) is 2.52. The van der Waals surface area contributed by atoms with Gasteiger partial charge in [0.05, 0.1) is 6.26 Å². The summed E-state index contributed by atoms with van der Waals surface area (Å²) in [6, 6.07) is 0. The third-order valence-corrected chi connectivity index (χ3v) is 3.42. The smallest absolute Gasteiger partial charge is 0.286 e. The van der Waals surface area contributed by atoms with Gasteiger partial charge in [-0.3, -0.25) is 9.59 Å². The Labute approximate surface area is 82.5 Å². The van der Waals surface area contributed by atoms with Crippen LogP contribution >= 0.6 is 0 Å². The second-order valence-corrected chi connectivity index (χ2v) is 5.09. The minimum atomic E-state index is -3.17. The summed E-state index contributed by atoms with van der Waals surface area (Å²) in [5.74, 6) is -0.585. The maximum Gasteiger partial charge on any atom is 0.286 e. The van der Waals surface area contributed by atoms with Gasteiger partial charge in [-0.25, -0.2) is 8.42 Å². The number of nitrogens with zero attached hydrogens (tertiary/aromatic N) is 2. The van der Waals surface area contributed by atoms with Crippen LogP contribution in [0.3, 0.4) is 0 Å². The molecule has 0 aliphatic carbocycles. The fourth-order valence-electron chi connectivity index (χ4n) is 1.31. The molecular weight excluding hydrogens is 208 g/mol. The van der Waals surface area contributed by atoms with Gasteiger partial charge in [0, 0.05) is 26.2 Å². The van der Waals surface area contributed by atoms with E-state index in [1.807, 2.05) is 0 Å². The zero-order valence-corrected chi connectivity index (χ0v) is 8.66. The SMILES string of the molecule is CS(=O)(=O)N1CCN(C(=O)C=O)CC1. The van der Waals surface area contributed by atoms with Crippen LogP contribution in [0.15, 0.2) is 0 Å². The predicted octanol–water partition coefficient (Wildman–Crippen LogP) is -1.71. The number of hydrogen-bond acceptors (Lipinski definition) is 4. The summed E-state index contributed by atoms with van der Waals surface area (Å²) in [6.45, 7) is 1.09. The normalized spacial score (nSPS) is 19.4. The molecule has 0 saturated carbocycles. The lowest BCUT2D eigenvalue weighted by Gasteiger charge is -2.31. The number of piperazine rings is 1. The number of carbonyl (C=O) groups excluding carboxylic acids is 2. The molecule has 0 N–H and O–H groups in total. The van der Waals surface area contributed by atoms with E-state index in [-0.39, 0.29) is 32.5 Å². The first kappa shape index (κ1) is 11.1. The molecule has 1 heterocycles. The molecule has 0 spiro atoms. The van der Waals surface area contributed by atoms with Crippen molar-refractivity contribution in [2.45, 2.75) is 0 Å². The molecule has 6 nitrogen and oxygen atoms in total. The summed E-state index contributed by atoms with van der Waals surface area (Å²) < 4.78 is 23.5. The minimum Gasteiger partial charge on any atom is -0.334 e. The van der Waals surface area contributed by atoms with Crippen LogP contribution in [0.5, 0.6) is 0 Å². The Hall–Kier alpha value is -0.950. The van der Waals surface area contributed by atoms with Crippen molar-refractivity contribution >= 4 is 22.2 Å². The molecule has 0 aromatic carbocycles. The number of carbonyl (C=O) groups is 2. The van der Waals surface area contributed by atoms with Crippen LogP contribution in [-0.2, 0) is 19.6 Å². The number of hydrogen-bond donors (Lipinski definition) is 0. The predicted molar refractivity (Wildman–Crippen MR) is 49.1 cm³/mol. The van der Waals surface area contributed by atoms with Crippen molar-refractivity contribution < 1.29 is 18.0 Å². The quantitative estimate of drug-likeness (QED) is 0.410. The van der Waals surface area contributed by atoms with Crippen molar-refractivity contribution in [1.29, 1.82) is 0 Å². The topological polar surface area (TPSA) is 74.8 Å². The van der Waals surface area contributed by atoms with Crippen LogP contribution < -0.4 is 0 Å². The van der Waals surface area contributed by atoms with Crippen LogP contribution in [-0.4, -0.2) is 62.3 Å². The second kappa shape index (κ2) is 4.05. The standard InChI is InChI=1S/C7H12N2O4S/c1-14(12,13)9-4-2-8(3-5-9)7(11)6-10/h6H,2-5H2,1H3. The van der Waals surface area contributed by atoms with Gasteiger partial charge in [-0.1, -0.05) is 0 Å². The Balaban J connectivity index is 2.55. The lowest BCUT2D eigenvalue weighted by Crippen LogP contribution is -2.50. The van der Waals surface area contributed by atoms with Gasteiger partial charge in [0.15, 0.2) is 0 Å². The zero-order valence-electron chi connectivity index (χ0n) is 7.84. The second-order valence-electron chi connectivity index (χ2n) is 3.11. The van der Waals surface area contributed by atoms with Crippen LogP contribution in [0.25, 0.3) is 0 Å². The first-order valence-corrected chi connectivity index (χ1v) is 5.99. The maximum absolute atomic E-state index is 11.1. The van der Waals surface area contributed by atoms with E-state index in [2.05, 4.69) is 0 Å².